The SMILES string of the molecule is Cc1cccc(NC(=O)N(CCCN2CCCCC2C)Cc2ccncc2)c1. The molecule has 1 aliphatic heterocycles. The van der Waals surface area contributed by atoms with Crippen molar-refractivity contribution < 1.29 is 4.79 Å². The summed E-state index contributed by atoms with van der Waals surface area (Å²) in [6, 6.07) is 12.5. The number of aryl methyl sites for hydroxylation is 1. The highest BCUT2D eigenvalue weighted by Gasteiger charge is 2.19. The van der Waals surface area contributed by atoms with Gasteiger partial charge in [-0.05, 0) is 75.0 Å². The van der Waals surface area contributed by atoms with Gasteiger partial charge in [0, 0.05) is 43.8 Å². The molecule has 0 aliphatic carbocycles. The van der Waals surface area contributed by atoms with Crippen LogP contribution in [0.4, 0.5) is 10.5 Å². The zero-order chi connectivity index (χ0) is 19.8. The molecule has 0 saturated carbocycles. The Labute approximate surface area is 168 Å². The molecule has 0 spiro atoms. The van der Waals surface area contributed by atoms with Crippen molar-refractivity contribution in [1.29, 1.82) is 0 Å². The second-order valence-electron chi connectivity index (χ2n) is 7.81. The predicted molar refractivity (Wildman–Crippen MR) is 114 cm³/mol. The number of anilines is 1. The number of aromatic nitrogens is 1. The molecule has 1 fully saturated rings. The number of urea groups is 1. The van der Waals surface area contributed by atoms with Gasteiger partial charge in [0.25, 0.3) is 0 Å². The Hall–Kier alpha value is -2.40. The smallest absolute Gasteiger partial charge is 0.320 e. The molecule has 5 nitrogen and oxygen atoms in total. The molecule has 2 heterocycles. The molecule has 28 heavy (non-hydrogen) atoms. The van der Waals surface area contributed by atoms with Crippen LogP contribution in [-0.2, 0) is 6.54 Å². The number of likely N-dealkylation sites (tertiary alicyclic amines) is 1. The van der Waals surface area contributed by atoms with Crippen LogP contribution < -0.4 is 5.32 Å². The second kappa shape index (κ2) is 10.2. The minimum atomic E-state index is -0.0471. The third kappa shape index (κ3) is 6.06. The highest BCUT2D eigenvalue weighted by Crippen LogP contribution is 2.17. The maximum absolute atomic E-state index is 13.0. The van der Waals surface area contributed by atoms with E-state index in [-0.39, 0.29) is 6.03 Å². The van der Waals surface area contributed by atoms with Crippen LogP contribution in [0.5, 0.6) is 0 Å². The summed E-state index contributed by atoms with van der Waals surface area (Å²) in [4.78, 5) is 21.5. The van der Waals surface area contributed by atoms with E-state index in [0.717, 1.165) is 36.3 Å². The van der Waals surface area contributed by atoms with Gasteiger partial charge in [-0.25, -0.2) is 4.79 Å². The quantitative estimate of drug-likeness (QED) is 0.758. The van der Waals surface area contributed by atoms with Gasteiger partial charge in [-0.1, -0.05) is 18.6 Å². The van der Waals surface area contributed by atoms with Gasteiger partial charge in [-0.15, -0.1) is 0 Å². The molecule has 1 atom stereocenters. The molecule has 1 aromatic heterocycles. The lowest BCUT2D eigenvalue weighted by Crippen LogP contribution is -2.40. The summed E-state index contributed by atoms with van der Waals surface area (Å²) in [7, 11) is 0. The zero-order valence-corrected chi connectivity index (χ0v) is 17.1. The number of amides is 2. The third-order valence-electron chi connectivity index (χ3n) is 5.49. The summed E-state index contributed by atoms with van der Waals surface area (Å²) in [5.41, 5.74) is 3.08. The lowest BCUT2D eigenvalue weighted by atomic mass is 10.0. The first-order valence-corrected chi connectivity index (χ1v) is 10.4. The van der Waals surface area contributed by atoms with Crippen molar-refractivity contribution in [2.24, 2.45) is 0 Å². The molecule has 2 amide bonds. The number of pyridine rings is 1. The molecule has 0 radical (unpaired) electrons. The number of hydrogen-bond acceptors (Lipinski definition) is 3. The molecule has 0 bridgehead atoms. The Morgan fingerprint density at radius 3 is 2.82 bits per heavy atom. The van der Waals surface area contributed by atoms with E-state index in [1.54, 1.807) is 12.4 Å². The lowest BCUT2D eigenvalue weighted by Gasteiger charge is -2.34. The fourth-order valence-corrected chi connectivity index (χ4v) is 3.84. The largest absolute Gasteiger partial charge is 0.322 e. The number of rotatable bonds is 7. The van der Waals surface area contributed by atoms with Gasteiger partial charge in [-0.2, -0.15) is 0 Å². The molecule has 1 N–H and O–H groups in total. The highest BCUT2D eigenvalue weighted by molar-refractivity contribution is 5.89. The second-order valence-corrected chi connectivity index (χ2v) is 7.81. The van der Waals surface area contributed by atoms with Crippen molar-refractivity contribution in [1.82, 2.24) is 14.8 Å². The van der Waals surface area contributed by atoms with E-state index < -0.39 is 0 Å². The van der Waals surface area contributed by atoms with Gasteiger partial charge in [0.2, 0.25) is 0 Å². The summed E-state index contributed by atoms with van der Waals surface area (Å²) >= 11 is 0. The number of carbonyl (C=O) groups is 1. The molecular formula is C23H32N4O. The summed E-state index contributed by atoms with van der Waals surface area (Å²) in [5, 5.41) is 3.06. The fourth-order valence-electron chi connectivity index (χ4n) is 3.84. The van der Waals surface area contributed by atoms with E-state index in [1.165, 1.54) is 25.8 Å². The fraction of sp³-hybridized carbons (Fsp3) is 0.478. The molecular weight excluding hydrogens is 348 g/mol. The minimum Gasteiger partial charge on any atom is -0.320 e. The Morgan fingerprint density at radius 2 is 2.07 bits per heavy atom. The first kappa shape index (κ1) is 20.3. The normalized spacial score (nSPS) is 17.3. The third-order valence-corrected chi connectivity index (χ3v) is 5.49. The first-order valence-electron chi connectivity index (χ1n) is 10.4. The van der Waals surface area contributed by atoms with Gasteiger partial charge in [0.15, 0.2) is 0 Å². The Bertz CT molecular complexity index is 749. The predicted octanol–water partition coefficient (Wildman–Crippen LogP) is 4.69. The lowest BCUT2D eigenvalue weighted by molar-refractivity contribution is 0.150. The van der Waals surface area contributed by atoms with Crippen LogP contribution in [0.2, 0.25) is 0 Å². The molecule has 2 aromatic rings. The monoisotopic (exact) mass is 380 g/mol. The Balaban J connectivity index is 1.61. The standard InChI is InChI=1S/C23H32N4O/c1-19-7-5-9-22(17-19)25-23(28)27(18-21-10-12-24-13-11-21)16-6-15-26-14-4-3-8-20(26)2/h5,7,9-13,17,20H,3-4,6,8,14-16,18H2,1-2H3,(H,25,28). The van der Waals surface area contributed by atoms with Crippen LogP contribution in [0.1, 0.15) is 43.7 Å². The van der Waals surface area contributed by atoms with Crippen molar-refractivity contribution in [3.63, 3.8) is 0 Å². The van der Waals surface area contributed by atoms with Gasteiger partial charge < -0.3 is 15.1 Å². The van der Waals surface area contributed by atoms with Crippen LogP contribution >= 0.6 is 0 Å². The van der Waals surface area contributed by atoms with E-state index in [4.69, 9.17) is 0 Å². The molecule has 150 valence electrons. The van der Waals surface area contributed by atoms with E-state index in [0.29, 0.717) is 12.6 Å². The molecule has 5 heteroatoms. The van der Waals surface area contributed by atoms with Gasteiger partial charge in [0.05, 0.1) is 0 Å². The van der Waals surface area contributed by atoms with Crippen molar-refractivity contribution in [2.75, 3.05) is 25.0 Å². The number of carbonyl (C=O) groups excluding carboxylic acids is 1. The maximum Gasteiger partial charge on any atom is 0.322 e. The van der Waals surface area contributed by atoms with E-state index >= 15 is 0 Å². The number of nitrogens with one attached hydrogen (secondary N) is 1. The Morgan fingerprint density at radius 1 is 1.25 bits per heavy atom. The van der Waals surface area contributed by atoms with Crippen LogP contribution in [-0.4, -0.2) is 46.5 Å². The summed E-state index contributed by atoms with van der Waals surface area (Å²) in [6.45, 7) is 7.91. The van der Waals surface area contributed by atoms with Crippen molar-refractivity contribution >= 4 is 11.7 Å². The number of benzene rings is 1. The highest BCUT2D eigenvalue weighted by atomic mass is 16.2. The number of piperidine rings is 1. The van der Waals surface area contributed by atoms with Crippen molar-refractivity contribution in [2.45, 2.75) is 52.1 Å². The van der Waals surface area contributed by atoms with Crippen molar-refractivity contribution in [3.8, 4) is 0 Å². The van der Waals surface area contributed by atoms with Crippen LogP contribution in [0.15, 0.2) is 48.8 Å². The Kier molecular flexibility index (Phi) is 7.43. The summed E-state index contributed by atoms with van der Waals surface area (Å²) in [6.07, 6.45) is 8.46. The minimum absolute atomic E-state index is 0.0471. The molecule has 3 rings (SSSR count). The molecule has 1 unspecified atom stereocenters. The van der Waals surface area contributed by atoms with Crippen LogP contribution in [0.3, 0.4) is 0 Å². The first-order chi connectivity index (χ1) is 13.6. The van der Waals surface area contributed by atoms with E-state index in [9.17, 15) is 4.79 Å². The number of nitrogens with zero attached hydrogens (tertiary/aromatic N) is 3. The number of hydrogen-bond donors (Lipinski definition) is 1. The average Bonchev–Trinajstić information content (AvgIpc) is 2.69. The topological polar surface area (TPSA) is 48.5 Å². The van der Waals surface area contributed by atoms with Gasteiger partial charge in [0.1, 0.15) is 0 Å². The average molecular weight is 381 g/mol. The van der Waals surface area contributed by atoms with Crippen LogP contribution in [0.25, 0.3) is 0 Å². The van der Waals surface area contributed by atoms with E-state index in [2.05, 4.69) is 22.1 Å². The zero-order valence-electron chi connectivity index (χ0n) is 17.1. The summed E-state index contributed by atoms with van der Waals surface area (Å²) in [5.74, 6) is 0. The van der Waals surface area contributed by atoms with Gasteiger partial charge in [-0.3, -0.25) is 4.98 Å². The van der Waals surface area contributed by atoms with Crippen LogP contribution in [0, 0.1) is 6.92 Å². The van der Waals surface area contributed by atoms with Gasteiger partial charge >= 0.3 is 6.03 Å². The molecule has 1 aromatic carbocycles. The summed E-state index contributed by atoms with van der Waals surface area (Å²) < 4.78 is 0. The maximum atomic E-state index is 13.0. The van der Waals surface area contributed by atoms with Crippen molar-refractivity contribution in [3.05, 3.63) is 59.9 Å². The molecule has 1 saturated heterocycles. The van der Waals surface area contributed by atoms with E-state index in [1.807, 2.05) is 48.2 Å². The molecule has 1 aliphatic rings.